The van der Waals surface area contributed by atoms with Crippen LogP contribution in [0.2, 0.25) is 10.0 Å². The van der Waals surface area contributed by atoms with Gasteiger partial charge in [-0.25, -0.2) is 17.8 Å². The molecule has 28 heavy (non-hydrogen) atoms. The fourth-order valence-corrected chi connectivity index (χ4v) is 5.32. The maximum atomic E-state index is 13.4. The maximum Gasteiger partial charge on any atom is 0.243 e. The van der Waals surface area contributed by atoms with Gasteiger partial charge < -0.3 is 4.57 Å². The van der Waals surface area contributed by atoms with Gasteiger partial charge in [-0.15, -0.1) is 0 Å². The summed E-state index contributed by atoms with van der Waals surface area (Å²) in [6.45, 7) is 3.28. The zero-order valence-corrected chi connectivity index (χ0v) is 17.7. The topological polar surface area (TPSA) is 64.0 Å². The number of rotatable bonds is 5. The van der Waals surface area contributed by atoms with Crippen molar-refractivity contribution >= 4 is 33.2 Å². The molecule has 3 rings (SSSR count). The lowest BCUT2D eigenvalue weighted by molar-refractivity contribution is 0.561. The first kappa shape index (κ1) is 20.8. The number of hydrogen-bond donors (Lipinski definition) is 1. The number of imidazole rings is 1. The summed E-state index contributed by atoms with van der Waals surface area (Å²) in [7, 11) is -2.34. The van der Waals surface area contributed by atoms with Crippen LogP contribution in [0.1, 0.15) is 28.6 Å². The van der Waals surface area contributed by atoms with Crippen molar-refractivity contribution in [3.8, 4) is 0 Å². The molecule has 1 aromatic heterocycles. The highest BCUT2D eigenvalue weighted by Gasteiger charge is 2.30. The average molecular weight is 442 g/mol. The molecule has 0 aliphatic heterocycles. The van der Waals surface area contributed by atoms with E-state index in [1.54, 1.807) is 43.9 Å². The van der Waals surface area contributed by atoms with Crippen LogP contribution in [0.5, 0.6) is 0 Å². The summed E-state index contributed by atoms with van der Waals surface area (Å²) < 4.78 is 44.3. The summed E-state index contributed by atoms with van der Waals surface area (Å²) in [5.74, 6) is 0.0252. The molecule has 148 valence electrons. The van der Waals surface area contributed by atoms with E-state index in [1.165, 1.54) is 24.3 Å². The molecule has 1 atom stereocenters. The molecule has 2 aromatic carbocycles. The molecule has 0 radical (unpaired) electrons. The van der Waals surface area contributed by atoms with Crippen LogP contribution in [0.15, 0.2) is 47.6 Å². The zero-order valence-electron chi connectivity index (χ0n) is 15.4. The van der Waals surface area contributed by atoms with E-state index in [0.717, 1.165) is 0 Å². The molecule has 1 heterocycles. The van der Waals surface area contributed by atoms with Gasteiger partial charge in [-0.2, -0.15) is 4.72 Å². The van der Waals surface area contributed by atoms with Crippen LogP contribution in [0.4, 0.5) is 4.39 Å². The second-order valence-corrected chi connectivity index (χ2v) is 8.88. The van der Waals surface area contributed by atoms with Crippen LogP contribution in [-0.4, -0.2) is 18.0 Å². The number of nitrogens with zero attached hydrogens (tertiary/aromatic N) is 2. The van der Waals surface area contributed by atoms with Gasteiger partial charge in [-0.3, -0.25) is 0 Å². The molecule has 0 amide bonds. The third kappa shape index (κ3) is 3.93. The van der Waals surface area contributed by atoms with E-state index in [4.69, 9.17) is 23.2 Å². The van der Waals surface area contributed by atoms with Crippen molar-refractivity contribution < 1.29 is 12.8 Å². The highest BCUT2D eigenvalue weighted by atomic mass is 35.5. The molecule has 0 saturated carbocycles. The molecule has 9 heteroatoms. The first-order valence-corrected chi connectivity index (χ1v) is 10.6. The van der Waals surface area contributed by atoms with Crippen LogP contribution in [0.25, 0.3) is 0 Å². The normalized spacial score (nSPS) is 12.9. The fourth-order valence-electron chi connectivity index (χ4n) is 2.93. The minimum absolute atomic E-state index is 0.0829. The van der Waals surface area contributed by atoms with Crippen LogP contribution in [0, 0.1) is 19.7 Å². The standard InChI is InChI=1S/C19H18Cl2FN3O2S/c1-11-10-15(20)12(2)18(16(11)21)28(26,27)24-17(19-23-8-9-25(19)3)13-4-6-14(22)7-5-13/h4-10,17,24H,1-3H3. The summed E-state index contributed by atoms with van der Waals surface area (Å²) in [5.41, 5.74) is 1.43. The number of halogens is 3. The van der Waals surface area contributed by atoms with Gasteiger partial charge in [0.25, 0.3) is 0 Å². The van der Waals surface area contributed by atoms with Crippen LogP contribution < -0.4 is 4.72 Å². The number of sulfonamides is 1. The van der Waals surface area contributed by atoms with E-state index in [2.05, 4.69) is 9.71 Å². The van der Waals surface area contributed by atoms with E-state index in [-0.39, 0.29) is 9.92 Å². The SMILES string of the molecule is Cc1cc(Cl)c(C)c(S(=O)(=O)NC(c2ccc(F)cc2)c2nccn2C)c1Cl. The molecule has 5 nitrogen and oxygen atoms in total. The molecule has 1 unspecified atom stereocenters. The van der Waals surface area contributed by atoms with Gasteiger partial charge in [0.05, 0.1) is 5.02 Å². The Morgan fingerprint density at radius 1 is 1.18 bits per heavy atom. The van der Waals surface area contributed by atoms with Gasteiger partial charge >= 0.3 is 0 Å². The molecular weight excluding hydrogens is 424 g/mol. The van der Waals surface area contributed by atoms with Crippen LogP contribution in [-0.2, 0) is 17.1 Å². The second-order valence-electron chi connectivity index (χ2n) is 6.45. The molecule has 0 spiro atoms. The highest BCUT2D eigenvalue weighted by Crippen LogP contribution is 2.34. The minimum atomic E-state index is -4.08. The number of aromatic nitrogens is 2. The summed E-state index contributed by atoms with van der Waals surface area (Å²) >= 11 is 12.5. The molecular formula is C19H18Cl2FN3O2S. The number of hydrogen-bond acceptors (Lipinski definition) is 3. The van der Waals surface area contributed by atoms with Crippen LogP contribution in [0.3, 0.4) is 0 Å². The molecule has 0 saturated heterocycles. The lowest BCUT2D eigenvalue weighted by Gasteiger charge is -2.21. The molecule has 0 bridgehead atoms. The Morgan fingerprint density at radius 3 is 2.39 bits per heavy atom. The Bertz CT molecular complexity index is 1100. The monoisotopic (exact) mass is 441 g/mol. The smallest absolute Gasteiger partial charge is 0.243 e. The maximum absolute atomic E-state index is 13.4. The van der Waals surface area contributed by atoms with Crippen molar-refractivity contribution in [2.75, 3.05) is 0 Å². The van der Waals surface area contributed by atoms with Gasteiger partial charge in [0.15, 0.2) is 0 Å². The predicted molar refractivity (Wildman–Crippen MR) is 108 cm³/mol. The van der Waals surface area contributed by atoms with E-state index in [9.17, 15) is 12.8 Å². The van der Waals surface area contributed by atoms with Crippen molar-refractivity contribution in [3.63, 3.8) is 0 Å². The molecule has 0 aliphatic carbocycles. The summed E-state index contributed by atoms with van der Waals surface area (Å²) in [5, 5.41) is 0.407. The lowest BCUT2D eigenvalue weighted by atomic mass is 10.1. The number of nitrogens with one attached hydrogen (secondary N) is 1. The first-order valence-electron chi connectivity index (χ1n) is 8.32. The Morgan fingerprint density at radius 2 is 1.82 bits per heavy atom. The Kier molecular flexibility index (Phi) is 5.82. The van der Waals surface area contributed by atoms with E-state index in [1.807, 2.05) is 0 Å². The number of aryl methyl sites for hydroxylation is 2. The lowest BCUT2D eigenvalue weighted by Crippen LogP contribution is -2.32. The van der Waals surface area contributed by atoms with Gasteiger partial charge in [0.2, 0.25) is 10.0 Å². The molecule has 3 aromatic rings. The van der Waals surface area contributed by atoms with Gasteiger partial charge in [-0.05, 0) is 48.7 Å². The average Bonchev–Trinajstić information content (AvgIpc) is 3.05. The zero-order chi connectivity index (χ0) is 20.6. The number of benzene rings is 2. The predicted octanol–water partition coefficient (Wildman–Crippen LogP) is 4.55. The van der Waals surface area contributed by atoms with Crippen molar-refractivity contribution in [2.24, 2.45) is 7.05 Å². The highest BCUT2D eigenvalue weighted by molar-refractivity contribution is 7.89. The largest absolute Gasteiger partial charge is 0.336 e. The Labute approximate surface area is 173 Å². The first-order chi connectivity index (χ1) is 13.1. The van der Waals surface area contributed by atoms with Crippen molar-refractivity contribution in [1.29, 1.82) is 0 Å². The molecule has 1 N–H and O–H groups in total. The Hall–Kier alpha value is -1.93. The summed E-state index contributed by atoms with van der Waals surface area (Å²) in [6, 6.07) is 6.32. The van der Waals surface area contributed by atoms with Gasteiger partial charge in [0.1, 0.15) is 22.6 Å². The van der Waals surface area contributed by atoms with Gasteiger partial charge in [0, 0.05) is 24.5 Å². The minimum Gasteiger partial charge on any atom is -0.336 e. The Balaban J connectivity index is 2.14. The van der Waals surface area contributed by atoms with Crippen molar-refractivity contribution in [1.82, 2.24) is 14.3 Å². The van der Waals surface area contributed by atoms with E-state index >= 15 is 0 Å². The fraction of sp³-hybridized carbons (Fsp3) is 0.211. The summed E-state index contributed by atoms with van der Waals surface area (Å²) in [4.78, 5) is 4.17. The quantitative estimate of drug-likeness (QED) is 0.631. The van der Waals surface area contributed by atoms with Crippen LogP contribution >= 0.6 is 23.2 Å². The van der Waals surface area contributed by atoms with Crippen molar-refractivity contribution in [3.05, 3.63) is 81.1 Å². The summed E-state index contributed by atoms with van der Waals surface area (Å²) in [6.07, 6.45) is 3.25. The second kappa shape index (κ2) is 7.83. The van der Waals surface area contributed by atoms with E-state index < -0.39 is 21.9 Å². The molecule has 0 aliphatic rings. The third-order valence-electron chi connectivity index (χ3n) is 4.45. The van der Waals surface area contributed by atoms with E-state index in [0.29, 0.717) is 27.5 Å². The van der Waals surface area contributed by atoms with Gasteiger partial charge in [-0.1, -0.05) is 35.3 Å². The third-order valence-corrected chi connectivity index (χ3v) is 7.03. The van der Waals surface area contributed by atoms with Crippen molar-refractivity contribution in [2.45, 2.75) is 24.8 Å². The molecule has 0 fully saturated rings.